The summed E-state index contributed by atoms with van der Waals surface area (Å²) in [7, 11) is -10.0. The molecule has 0 spiro atoms. The predicted octanol–water partition coefficient (Wildman–Crippen LogP) is 25.7. The fourth-order valence-corrected chi connectivity index (χ4v) is 12.2. The standard InChI is InChI=1S/C93H150O17P2/c1-5-9-13-17-21-25-29-33-37-40-43-46-50-53-57-61-65-69-73-77-90(95)103-83-88(109-92(97)79-75-71-67-63-59-55-49-36-32-28-24-20-16-12-8-4)85-107-111(99,100)105-81-87(94)82-106-112(101,102)108-86-89(110-93(98)80-76-72-68-64-60-56-52-48-45-42-39-35-31-27-23-19-15-11-7-3)84-104-91(96)78-74-70-66-62-58-54-51-47-44-41-38-34-30-26-22-18-14-10-6-2/h9,11,13,15,21-23,25-27,33-35,37-39,43-48,53-54,56-58,60,66,68,70,72,87-89,94H,5-8,10,12,14,16-20,24,28-32,36,40-42,49-52,55,59,61-65,67,69,71,73-86H2,1-4H3,(H,99,100)(H,101,102)/b13-9-,15-11-,25-21-,26-22-,27-23-,37-33-,38-34-,39-35-,46-43-,47-44-,48-45-,57-53-,58-54-,60-56-,70-66-,72-68-/t87-,88-,89-/m1/s1. The van der Waals surface area contributed by atoms with Crippen LogP contribution in [0.25, 0.3) is 0 Å². The van der Waals surface area contributed by atoms with Crippen molar-refractivity contribution in [3.63, 3.8) is 0 Å². The van der Waals surface area contributed by atoms with Crippen LogP contribution in [0.1, 0.15) is 310 Å². The quantitative estimate of drug-likeness (QED) is 0.0169. The van der Waals surface area contributed by atoms with E-state index in [0.29, 0.717) is 38.5 Å². The van der Waals surface area contributed by atoms with E-state index in [1.165, 1.54) is 83.5 Å². The van der Waals surface area contributed by atoms with E-state index in [1.807, 2.05) is 36.5 Å². The Morgan fingerprint density at radius 3 is 0.804 bits per heavy atom. The molecule has 0 rings (SSSR count). The van der Waals surface area contributed by atoms with Crippen molar-refractivity contribution in [3.8, 4) is 0 Å². The number of carbonyl (C=O) groups is 4. The lowest BCUT2D eigenvalue weighted by Gasteiger charge is -2.21. The smallest absolute Gasteiger partial charge is 0.462 e. The molecule has 19 heteroatoms. The van der Waals surface area contributed by atoms with Crippen LogP contribution in [-0.4, -0.2) is 96.7 Å². The molecule has 0 heterocycles. The van der Waals surface area contributed by atoms with Crippen molar-refractivity contribution >= 4 is 39.5 Å². The van der Waals surface area contributed by atoms with E-state index < -0.39 is 97.5 Å². The zero-order valence-electron chi connectivity index (χ0n) is 69.5. The molecule has 0 aromatic rings. The Morgan fingerprint density at radius 1 is 0.259 bits per heavy atom. The van der Waals surface area contributed by atoms with E-state index in [0.717, 1.165) is 135 Å². The Balaban J connectivity index is 5.56. The molecular weight excluding hydrogens is 1450 g/mol. The number of allylic oxidation sites excluding steroid dienone is 32. The molecule has 112 heavy (non-hydrogen) atoms. The number of aliphatic hydroxyl groups excluding tert-OH is 1. The van der Waals surface area contributed by atoms with Gasteiger partial charge in [0.25, 0.3) is 0 Å². The molecule has 634 valence electrons. The average molecular weight is 1600 g/mol. The maximum absolute atomic E-state index is 13.1. The van der Waals surface area contributed by atoms with Gasteiger partial charge in [0.15, 0.2) is 12.2 Å². The fraction of sp³-hybridized carbons (Fsp3) is 0.613. The first-order chi connectivity index (χ1) is 54.7. The molecule has 0 aromatic carbocycles. The number of phosphoric ester groups is 2. The molecule has 2 unspecified atom stereocenters. The van der Waals surface area contributed by atoms with Crippen LogP contribution in [0.5, 0.6) is 0 Å². The number of phosphoric acid groups is 2. The van der Waals surface area contributed by atoms with E-state index >= 15 is 0 Å². The van der Waals surface area contributed by atoms with Crippen LogP contribution in [0.3, 0.4) is 0 Å². The number of ether oxygens (including phenoxy) is 4. The summed E-state index contributed by atoms with van der Waals surface area (Å²) in [5, 5.41) is 10.7. The number of aliphatic hydroxyl groups is 1. The summed E-state index contributed by atoms with van der Waals surface area (Å²) in [4.78, 5) is 73.2. The highest BCUT2D eigenvalue weighted by atomic mass is 31.2. The van der Waals surface area contributed by atoms with Gasteiger partial charge < -0.3 is 33.8 Å². The minimum Gasteiger partial charge on any atom is -0.462 e. The molecule has 0 bridgehead atoms. The molecule has 17 nitrogen and oxygen atoms in total. The van der Waals surface area contributed by atoms with Crippen LogP contribution in [-0.2, 0) is 65.4 Å². The Labute approximate surface area is 678 Å². The van der Waals surface area contributed by atoms with Crippen molar-refractivity contribution < 1.29 is 80.2 Å². The molecule has 0 fully saturated rings. The first kappa shape index (κ1) is 106. The van der Waals surface area contributed by atoms with Gasteiger partial charge in [0, 0.05) is 25.7 Å². The number of hydrogen-bond donors (Lipinski definition) is 3. The molecule has 0 amide bonds. The zero-order valence-corrected chi connectivity index (χ0v) is 71.3. The van der Waals surface area contributed by atoms with E-state index in [4.69, 9.17) is 37.0 Å². The maximum Gasteiger partial charge on any atom is 0.472 e. The molecule has 0 aliphatic rings. The van der Waals surface area contributed by atoms with Gasteiger partial charge in [0.1, 0.15) is 19.3 Å². The lowest BCUT2D eigenvalue weighted by atomic mass is 10.0. The SMILES string of the molecule is CC/C=C\C/C=C\C/C=C\C/C=C\C/C=C\C/C=C\CCC(=O)O[C@H](COC(=O)CC/C=C\C/C=C\C/C=C\C/C=C\C/C=C\CCCCC)COP(=O)(O)OC[C@H](O)COP(=O)(O)OC[C@@H](COC(=O)CCCCC/C=C\C/C=C\C/C=C\C/C=C\C/C=C\CC)OC(=O)CCCCCCCCCCCCCCCCC. The summed E-state index contributed by atoms with van der Waals surface area (Å²) in [5.41, 5.74) is 0. The summed E-state index contributed by atoms with van der Waals surface area (Å²) >= 11 is 0. The summed E-state index contributed by atoms with van der Waals surface area (Å²) in [6.45, 7) is 4.42. The second-order valence-corrected chi connectivity index (χ2v) is 30.6. The number of esters is 4. The molecule has 0 radical (unpaired) electrons. The molecule has 0 saturated heterocycles. The Kier molecular flexibility index (Phi) is 78.4. The van der Waals surface area contributed by atoms with Crippen molar-refractivity contribution in [1.82, 2.24) is 0 Å². The van der Waals surface area contributed by atoms with Gasteiger partial charge >= 0.3 is 39.5 Å². The first-order valence-electron chi connectivity index (χ1n) is 42.7. The summed E-state index contributed by atoms with van der Waals surface area (Å²) < 4.78 is 68.6. The molecule has 0 aromatic heterocycles. The minimum absolute atomic E-state index is 0.0143. The van der Waals surface area contributed by atoms with Crippen LogP contribution in [0.15, 0.2) is 194 Å². The fourth-order valence-electron chi connectivity index (χ4n) is 10.7. The molecule has 3 N–H and O–H groups in total. The van der Waals surface area contributed by atoms with E-state index in [-0.39, 0.29) is 25.7 Å². The summed E-state index contributed by atoms with van der Waals surface area (Å²) in [5.74, 6) is -2.42. The lowest BCUT2D eigenvalue weighted by molar-refractivity contribution is -0.161. The van der Waals surface area contributed by atoms with Crippen molar-refractivity contribution in [2.24, 2.45) is 0 Å². The largest absolute Gasteiger partial charge is 0.472 e. The van der Waals surface area contributed by atoms with E-state index in [1.54, 1.807) is 0 Å². The average Bonchev–Trinajstić information content (AvgIpc) is 0.897. The number of unbranched alkanes of at least 4 members (excludes halogenated alkanes) is 20. The van der Waals surface area contributed by atoms with Crippen LogP contribution in [0.4, 0.5) is 0 Å². The molecule has 5 atom stereocenters. The number of hydrogen-bond acceptors (Lipinski definition) is 15. The van der Waals surface area contributed by atoms with Crippen molar-refractivity contribution in [1.29, 1.82) is 0 Å². The monoisotopic (exact) mass is 1600 g/mol. The van der Waals surface area contributed by atoms with Crippen molar-refractivity contribution in [2.45, 2.75) is 329 Å². The third-order valence-corrected chi connectivity index (χ3v) is 19.0. The third kappa shape index (κ3) is 81.9. The van der Waals surface area contributed by atoms with Gasteiger partial charge in [-0.15, -0.1) is 0 Å². The van der Waals surface area contributed by atoms with Crippen molar-refractivity contribution in [3.05, 3.63) is 194 Å². The van der Waals surface area contributed by atoms with Gasteiger partial charge in [0.05, 0.1) is 26.4 Å². The number of rotatable bonds is 78. The van der Waals surface area contributed by atoms with Crippen LogP contribution >= 0.6 is 15.6 Å². The van der Waals surface area contributed by atoms with Crippen molar-refractivity contribution in [2.75, 3.05) is 39.6 Å². The van der Waals surface area contributed by atoms with Gasteiger partial charge in [-0.3, -0.25) is 37.3 Å². The molecule has 0 aliphatic carbocycles. The highest BCUT2D eigenvalue weighted by Gasteiger charge is 2.30. The highest BCUT2D eigenvalue weighted by molar-refractivity contribution is 7.47. The highest BCUT2D eigenvalue weighted by Crippen LogP contribution is 2.45. The number of carbonyl (C=O) groups excluding carboxylic acids is 4. The van der Waals surface area contributed by atoms with E-state index in [9.17, 15) is 43.2 Å². The first-order valence-corrected chi connectivity index (χ1v) is 45.7. The van der Waals surface area contributed by atoms with Gasteiger partial charge in [-0.2, -0.15) is 0 Å². The van der Waals surface area contributed by atoms with E-state index in [2.05, 4.69) is 186 Å². The molecule has 0 saturated carbocycles. The van der Waals surface area contributed by atoms with Gasteiger partial charge in [-0.05, 0) is 148 Å². The predicted molar refractivity (Wildman–Crippen MR) is 463 cm³/mol. The third-order valence-electron chi connectivity index (χ3n) is 17.1. The van der Waals surface area contributed by atoms with Crippen LogP contribution in [0, 0.1) is 0 Å². The second-order valence-electron chi connectivity index (χ2n) is 27.7. The van der Waals surface area contributed by atoms with Crippen LogP contribution in [0.2, 0.25) is 0 Å². The van der Waals surface area contributed by atoms with Gasteiger partial charge in [-0.1, -0.05) is 331 Å². The van der Waals surface area contributed by atoms with Gasteiger partial charge in [-0.25, -0.2) is 9.13 Å². The molecule has 0 aliphatic heterocycles. The van der Waals surface area contributed by atoms with Gasteiger partial charge in [0.2, 0.25) is 0 Å². The Morgan fingerprint density at radius 2 is 0.482 bits per heavy atom. The van der Waals surface area contributed by atoms with Crippen LogP contribution < -0.4 is 0 Å². The topological polar surface area (TPSA) is 237 Å². The zero-order chi connectivity index (χ0) is 81.7. The second kappa shape index (κ2) is 82.9. The molecular formula is C93H150O17P2. The maximum atomic E-state index is 13.1. The Hall–Kier alpha value is -6.10. The Bertz CT molecular complexity index is 2890. The summed E-state index contributed by atoms with van der Waals surface area (Å²) in [6.07, 6.45) is 103. The summed E-state index contributed by atoms with van der Waals surface area (Å²) in [6, 6.07) is 0. The minimum atomic E-state index is -5.03. The normalized spacial score (nSPS) is 14.7. The lowest BCUT2D eigenvalue weighted by Crippen LogP contribution is -2.30.